The van der Waals surface area contributed by atoms with Gasteiger partial charge >= 0.3 is 0 Å². The van der Waals surface area contributed by atoms with E-state index in [2.05, 4.69) is 32.4 Å². The van der Waals surface area contributed by atoms with E-state index >= 15 is 0 Å². The molecule has 0 fully saturated rings. The zero-order valence-corrected chi connectivity index (χ0v) is 16.5. The molecule has 10 nitrogen and oxygen atoms in total. The molecule has 0 aliphatic rings. The molecule has 0 amide bonds. The standard InChI is InChI=1S/C19H22N8O2/c1-4-7-26-17-12(19(28)27(26)11(2)3)5-6-15(24-17)23-16-8-14(20)13(9-21-16)18-25-22-10-29-18/h5-6,8-11H,4,7H2,1-3H3,(H3,20,21,23,24). The normalized spacial score (nSPS) is 11.4. The second kappa shape index (κ2) is 7.38. The smallest absolute Gasteiger partial charge is 0.276 e. The van der Waals surface area contributed by atoms with Gasteiger partial charge < -0.3 is 15.5 Å². The highest BCUT2D eigenvalue weighted by molar-refractivity contribution is 5.78. The van der Waals surface area contributed by atoms with E-state index in [1.165, 1.54) is 6.39 Å². The van der Waals surface area contributed by atoms with Crippen molar-refractivity contribution in [2.45, 2.75) is 39.8 Å². The maximum absolute atomic E-state index is 12.8. The molecule has 0 unspecified atom stereocenters. The molecule has 150 valence electrons. The first-order chi connectivity index (χ1) is 14.0. The Morgan fingerprint density at radius 3 is 2.76 bits per heavy atom. The number of aromatic nitrogens is 6. The van der Waals surface area contributed by atoms with Gasteiger partial charge in [0.15, 0.2) is 5.65 Å². The Bertz CT molecular complexity index is 1210. The van der Waals surface area contributed by atoms with Crippen molar-refractivity contribution in [1.82, 2.24) is 29.5 Å². The first kappa shape index (κ1) is 18.7. The molecule has 0 aliphatic carbocycles. The Hall–Kier alpha value is -3.69. The van der Waals surface area contributed by atoms with E-state index in [1.807, 2.05) is 18.5 Å². The van der Waals surface area contributed by atoms with Crippen molar-refractivity contribution in [2.24, 2.45) is 0 Å². The topological polar surface area (TPSA) is 130 Å². The predicted molar refractivity (Wildman–Crippen MR) is 110 cm³/mol. The SMILES string of the molecule is CCCn1c2nc(Nc3cc(N)c(-c4nnco4)cn3)ccc2c(=O)n1C(C)C. The predicted octanol–water partition coefficient (Wildman–Crippen LogP) is 2.96. The Balaban J connectivity index is 1.71. The maximum Gasteiger partial charge on any atom is 0.276 e. The Labute approximate surface area is 166 Å². The molecule has 4 heterocycles. The monoisotopic (exact) mass is 394 g/mol. The van der Waals surface area contributed by atoms with Gasteiger partial charge in [-0.2, -0.15) is 0 Å². The zero-order chi connectivity index (χ0) is 20.5. The van der Waals surface area contributed by atoms with E-state index in [0.717, 1.165) is 6.42 Å². The molecule has 0 bridgehead atoms. The Morgan fingerprint density at radius 1 is 1.28 bits per heavy atom. The van der Waals surface area contributed by atoms with Gasteiger partial charge in [-0.25, -0.2) is 14.6 Å². The number of nitrogens with zero attached hydrogens (tertiary/aromatic N) is 6. The number of hydrogen-bond acceptors (Lipinski definition) is 8. The van der Waals surface area contributed by atoms with E-state index in [1.54, 1.807) is 29.1 Å². The van der Waals surface area contributed by atoms with Crippen molar-refractivity contribution < 1.29 is 4.42 Å². The van der Waals surface area contributed by atoms with E-state index in [4.69, 9.17) is 10.2 Å². The molecule has 4 aromatic heterocycles. The van der Waals surface area contributed by atoms with Crippen LogP contribution in [0, 0.1) is 0 Å². The van der Waals surface area contributed by atoms with Crippen molar-refractivity contribution in [1.29, 1.82) is 0 Å². The van der Waals surface area contributed by atoms with Gasteiger partial charge in [0.25, 0.3) is 11.4 Å². The quantitative estimate of drug-likeness (QED) is 0.510. The largest absolute Gasteiger partial charge is 0.423 e. The van der Waals surface area contributed by atoms with E-state index in [-0.39, 0.29) is 11.6 Å². The van der Waals surface area contributed by atoms with E-state index < -0.39 is 0 Å². The lowest BCUT2D eigenvalue weighted by atomic mass is 10.2. The van der Waals surface area contributed by atoms with Crippen LogP contribution in [-0.2, 0) is 6.54 Å². The first-order valence-electron chi connectivity index (χ1n) is 9.40. The van der Waals surface area contributed by atoms with Crippen LogP contribution in [0.1, 0.15) is 33.2 Å². The summed E-state index contributed by atoms with van der Waals surface area (Å²) in [7, 11) is 0. The average Bonchev–Trinajstić information content (AvgIpc) is 3.30. The second-order valence-corrected chi connectivity index (χ2v) is 6.96. The fourth-order valence-electron chi connectivity index (χ4n) is 3.30. The number of aryl methyl sites for hydroxylation is 1. The molecule has 0 aliphatic heterocycles. The zero-order valence-electron chi connectivity index (χ0n) is 16.5. The van der Waals surface area contributed by atoms with Gasteiger partial charge in [0, 0.05) is 30.5 Å². The van der Waals surface area contributed by atoms with Gasteiger partial charge in [0.05, 0.1) is 10.9 Å². The van der Waals surface area contributed by atoms with E-state index in [9.17, 15) is 4.79 Å². The van der Waals surface area contributed by atoms with Crippen molar-refractivity contribution in [2.75, 3.05) is 11.1 Å². The molecule has 10 heteroatoms. The van der Waals surface area contributed by atoms with E-state index in [0.29, 0.717) is 46.4 Å². The minimum Gasteiger partial charge on any atom is -0.423 e. The lowest BCUT2D eigenvalue weighted by molar-refractivity contribution is 0.405. The molecule has 0 saturated heterocycles. The summed E-state index contributed by atoms with van der Waals surface area (Å²) in [5.41, 5.74) is 7.71. The summed E-state index contributed by atoms with van der Waals surface area (Å²) < 4.78 is 8.85. The maximum atomic E-state index is 12.8. The number of nitrogens with two attached hydrogens (primary N) is 1. The number of anilines is 3. The molecular weight excluding hydrogens is 372 g/mol. The van der Waals surface area contributed by atoms with Crippen molar-refractivity contribution in [3.8, 4) is 11.5 Å². The fraction of sp³-hybridized carbons (Fsp3) is 0.316. The molecule has 4 aromatic rings. The molecule has 29 heavy (non-hydrogen) atoms. The molecule has 0 spiro atoms. The molecular formula is C19H22N8O2. The summed E-state index contributed by atoms with van der Waals surface area (Å²) in [6, 6.07) is 5.25. The van der Waals surface area contributed by atoms with Crippen LogP contribution >= 0.6 is 0 Å². The van der Waals surface area contributed by atoms with Gasteiger partial charge in [0.2, 0.25) is 6.39 Å². The van der Waals surface area contributed by atoms with Crippen molar-refractivity contribution in [3.05, 3.63) is 41.1 Å². The van der Waals surface area contributed by atoms with Crippen LogP contribution in [0.25, 0.3) is 22.5 Å². The molecule has 0 radical (unpaired) electrons. The van der Waals surface area contributed by atoms with Crippen LogP contribution in [-0.4, -0.2) is 29.5 Å². The summed E-state index contributed by atoms with van der Waals surface area (Å²) in [5, 5.41) is 11.2. The van der Waals surface area contributed by atoms with Crippen LogP contribution in [0.2, 0.25) is 0 Å². The molecule has 0 saturated carbocycles. The highest BCUT2D eigenvalue weighted by Gasteiger charge is 2.17. The van der Waals surface area contributed by atoms with Gasteiger partial charge in [-0.3, -0.25) is 9.48 Å². The minimum atomic E-state index is -0.0335. The Morgan fingerprint density at radius 2 is 2.10 bits per heavy atom. The molecule has 0 aromatic carbocycles. The summed E-state index contributed by atoms with van der Waals surface area (Å²) >= 11 is 0. The third-order valence-corrected chi connectivity index (χ3v) is 4.53. The van der Waals surface area contributed by atoms with Gasteiger partial charge in [-0.15, -0.1) is 10.2 Å². The number of hydrogen-bond donors (Lipinski definition) is 2. The number of nitrogens with one attached hydrogen (secondary N) is 1. The Kier molecular flexibility index (Phi) is 4.75. The number of pyridine rings is 2. The summed E-state index contributed by atoms with van der Waals surface area (Å²) in [6.07, 6.45) is 3.69. The molecule has 4 rings (SSSR count). The average molecular weight is 394 g/mol. The fourth-order valence-corrected chi connectivity index (χ4v) is 3.30. The third-order valence-electron chi connectivity index (χ3n) is 4.53. The van der Waals surface area contributed by atoms with Crippen LogP contribution in [0.4, 0.5) is 17.3 Å². The van der Waals surface area contributed by atoms with Gasteiger partial charge in [0.1, 0.15) is 11.6 Å². The summed E-state index contributed by atoms with van der Waals surface area (Å²) in [5.74, 6) is 1.39. The first-order valence-corrected chi connectivity index (χ1v) is 9.40. The van der Waals surface area contributed by atoms with Crippen molar-refractivity contribution >= 4 is 28.4 Å². The van der Waals surface area contributed by atoms with Crippen LogP contribution in [0.3, 0.4) is 0 Å². The lowest BCUT2D eigenvalue weighted by Crippen LogP contribution is -2.25. The van der Waals surface area contributed by atoms with Crippen LogP contribution in [0.5, 0.6) is 0 Å². The highest BCUT2D eigenvalue weighted by atomic mass is 16.4. The number of fused-ring (bicyclic) bond motifs is 1. The van der Waals surface area contributed by atoms with Crippen LogP contribution < -0.4 is 16.6 Å². The highest BCUT2D eigenvalue weighted by Crippen LogP contribution is 2.26. The van der Waals surface area contributed by atoms with Crippen LogP contribution in [0.15, 0.2) is 40.0 Å². The molecule has 0 atom stereocenters. The minimum absolute atomic E-state index is 0.0335. The summed E-state index contributed by atoms with van der Waals surface area (Å²) in [4.78, 5) is 21.8. The molecule has 3 N–H and O–H groups in total. The lowest BCUT2D eigenvalue weighted by Gasteiger charge is -2.14. The third kappa shape index (κ3) is 3.33. The summed E-state index contributed by atoms with van der Waals surface area (Å²) in [6.45, 7) is 6.75. The number of nitrogen functional groups attached to an aromatic ring is 1. The van der Waals surface area contributed by atoms with Gasteiger partial charge in [-0.1, -0.05) is 6.92 Å². The van der Waals surface area contributed by atoms with Gasteiger partial charge in [-0.05, 0) is 32.4 Å². The number of rotatable bonds is 6. The second-order valence-electron chi connectivity index (χ2n) is 6.96. The van der Waals surface area contributed by atoms with Crippen molar-refractivity contribution in [3.63, 3.8) is 0 Å².